The van der Waals surface area contributed by atoms with E-state index in [1.807, 2.05) is 11.0 Å². The Labute approximate surface area is 77.4 Å². The molecule has 0 aliphatic carbocycles. The number of hydrogen-bond acceptors (Lipinski definition) is 4. The fourth-order valence-corrected chi connectivity index (χ4v) is 1.20. The highest BCUT2D eigenvalue weighted by atomic mass is 16.5. The molecule has 1 aliphatic heterocycles. The number of nitriles is 1. The van der Waals surface area contributed by atoms with Gasteiger partial charge in [-0.2, -0.15) is 5.26 Å². The Morgan fingerprint density at radius 2 is 2.62 bits per heavy atom. The van der Waals surface area contributed by atoms with Gasteiger partial charge in [-0.15, -0.1) is 0 Å². The van der Waals surface area contributed by atoms with E-state index < -0.39 is 0 Å². The lowest BCUT2D eigenvalue weighted by atomic mass is 10.1. The fraction of sp³-hybridized carbons (Fsp3) is 0.556. The summed E-state index contributed by atoms with van der Waals surface area (Å²) in [6, 6.07) is 2.11. The third-order valence-corrected chi connectivity index (χ3v) is 2.02. The predicted molar refractivity (Wildman–Crippen MR) is 46.8 cm³/mol. The summed E-state index contributed by atoms with van der Waals surface area (Å²) in [6.45, 7) is 1.73. The van der Waals surface area contributed by atoms with Crippen molar-refractivity contribution in [1.29, 1.82) is 5.26 Å². The van der Waals surface area contributed by atoms with Gasteiger partial charge in [-0.05, 0) is 6.42 Å². The third kappa shape index (κ3) is 2.88. The van der Waals surface area contributed by atoms with Crippen LogP contribution in [-0.4, -0.2) is 37.6 Å². The van der Waals surface area contributed by atoms with Crippen LogP contribution in [0.25, 0.3) is 0 Å². The fourth-order valence-electron chi connectivity index (χ4n) is 1.20. The van der Waals surface area contributed by atoms with Crippen molar-refractivity contribution in [3.05, 3.63) is 11.6 Å². The van der Waals surface area contributed by atoms with Crippen LogP contribution in [0, 0.1) is 11.3 Å². The lowest BCUT2D eigenvalue weighted by Crippen LogP contribution is -2.34. The molecule has 0 radical (unpaired) electrons. The van der Waals surface area contributed by atoms with Crippen molar-refractivity contribution in [1.82, 2.24) is 4.90 Å². The summed E-state index contributed by atoms with van der Waals surface area (Å²) in [7, 11) is 1.38. The highest BCUT2D eigenvalue weighted by Crippen LogP contribution is 2.08. The Bertz CT molecular complexity index is 265. The minimum absolute atomic E-state index is 0.228. The van der Waals surface area contributed by atoms with E-state index in [1.165, 1.54) is 7.11 Å². The molecule has 1 rings (SSSR count). The van der Waals surface area contributed by atoms with Crippen LogP contribution in [0.3, 0.4) is 0 Å². The van der Waals surface area contributed by atoms with Crippen LogP contribution in [0.1, 0.15) is 6.42 Å². The van der Waals surface area contributed by atoms with Gasteiger partial charge in [-0.1, -0.05) is 6.08 Å². The Morgan fingerprint density at radius 3 is 3.08 bits per heavy atom. The van der Waals surface area contributed by atoms with Gasteiger partial charge in [0.1, 0.15) is 0 Å². The van der Waals surface area contributed by atoms with Gasteiger partial charge < -0.3 is 4.74 Å². The van der Waals surface area contributed by atoms with Gasteiger partial charge in [0.05, 0.1) is 19.7 Å². The summed E-state index contributed by atoms with van der Waals surface area (Å²) in [6.07, 6.45) is 2.58. The van der Waals surface area contributed by atoms with Crippen LogP contribution in [0.5, 0.6) is 0 Å². The molecule has 0 saturated carbocycles. The van der Waals surface area contributed by atoms with E-state index >= 15 is 0 Å². The number of carbonyl (C=O) groups is 1. The van der Waals surface area contributed by atoms with E-state index in [2.05, 4.69) is 10.8 Å². The number of carbonyl (C=O) groups excluding carboxylic acids is 1. The van der Waals surface area contributed by atoms with Crippen LogP contribution in [0.15, 0.2) is 11.6 Å². The molecule has 0 bridgehead atoms. The molecule has 0 atom stereocenters. The number of methoxy groups -OCH3 is 1. The quantitative estimate of drug-likeness (QED) is 0.574. The molecule has 0 aromatic heterocycles. The van der Waals surface area contributed by atoms with Crippen molar-refractivity contribution in [2.75, 3.05) is 26.7 Å². The lowest BCUT2D eigenvalue weighted by molar-refractivity contribution is -0.141. The van der Waals surface area contributed by atoms with Gasteiger partial charge in [0.15, 0.2) is 0 Å². The van der Waals surface area contributed by atoms with Crippen molar-refractivity contribution >= 4 is 5.97 Å². The van der Waals surface area contributed by atoms with Crippen molar-refractivity contribution in [2.24, 2.45) is 0 Å². The normalized spacial score (nSPS) is 17.4. The number of rotatable bonds is 2. The molecule has 1 aliphatic rings. The minimum atomic E-state index is -0.228. The minimum Gasteiger partial charge on any atom is -0.468 e. The van der Waals surface area contributed by atoms with Crippen molar-refractivity contribution < 1.29 is 9.53 Å². The van der Waals surface area contributed by atoms with E-state index in [4.69, 9.17) is 5.26 Å². The number of hydrogen-bond donors (Lipinski definition) is 0. The van der Waals surface area contributed by atoms with Crippen molar-refractivity contribution in [3.63, 3.8) is 0 Å². The lowest BCUT2D eigenvalue weighted by Gasteiger charge is -2.22. The zero-order chi connectivity index (χ0) is 9.68. The smallest absolute Gasteiger partial charge is 0.319 e. The summed E-state index contributed by atoms with van der Waals surface area (Å²) in [5.74, 6) is -0.228. The van der Waals surface area contributed by atoms with Gasteiger partial charge in [-0.3, -0.25) is 9.69 Å². The summed E-state index contributed by atoms with van der Waals surface area (Å²) < 4.78 is 4.54. The molecule has 1 heterocycles. The van der Waals surface area contributed by atoms with Crippen LogP contribution < -0.4 is 0 Å². The Balaban J connectivity index is 2.38. The highest BCUT2D eigenvalue weighted by Gasteiger charge is 2.14. The maximum atomic E-state index is 10.9. The maximum Gasteiger partial charge on any atom is 0.319 e. The predicted octanol–water partition coefficient (Wildman–Crippen LogP) is 0.315. The first kappa shape index (κ1) is 9.75. The SMILES string of the molecule is COC(=O)CN1CC=C(C#N)CC1. The third-order valence-electron chi connectivity index (χ3n) is 2.02. The summed E-state index contributed by atoms with van der Waals surface area (Å²) in [4.78, 5) is 12.8. The zero-order valence-corrected chi connectivity index (χ0v) is 7.62. The highest BCUT2D eigenvalue weighted by molar-refractivity contribution is 5.71. The van der Waals surface area contributed by atoms with Gasteiger partial charge >= 0.3 is 5.97 Å². The van der Waals surface area contributed by atoms with Crippen LogP contribution in [0.2, 0.25) is 0 Å². The average Bonchev–Trinajstić information content (AvgIpc) is 2.19. The van der Waals surface area contributed by atoms with Crippen molar-refractivity contribution in [3.8, 4) is 6.07 Å². The van der Waals surface area contributed by atoms with E-state index in [0.29, 0.717) is 13.1 Å². The molecule has 0 aromatic rings. The summed E-state index contributed by atoms with van der Waals surface area (Å²) in [5, 5.41) is 8.58. The number of esters is 1. The molecular formula is C9H12N2O2. The van der Waals surface area contributed by atoms with E-state index in [1.54, 1.807) is 0 Å². The molecule has 70 valence electrons. The molecule has 0 spiro atoms. The van der Waals surface area contributed by atoms with E-state index in [-0.39, 0.29) is 5.97 Å². The second-order valence-corrected chi connectivity index (χ2v) is 2.90. The molecule has 0 aromatic carbocycles. The first-order chi connectivity index (χ1) is 6.26. The standard InChI is InChI=1S/C9H12N2O2/c1-13-9(12)7-11-4-2-8(6-10)3-5-11/h2H,3-5,7H2,1H3. The van der Waals surface area contributed by atoms with E-state index in [9.17, 15) is 4.79 Å². The first-order valence-corrected chi connectivity index (χ1v) is 4.14. The summed E-state index contributed by atoms with van der Waals surface area (Å²) in [5.41, 5.74) is 0.807. The average molecular weight is 180 g/mol. The first-order valence-electron chi connectivity index (χ1n) is 4.14. The maximum absolute atomic E-state index is 10.9. The van der Waals surface area contributed by atoms with Gasteiger partial charge in [0.2, 0.25) is 0 Å². The molecule has 4 nitrogen and oxygen atoms in total. The second-order valence-electron chi connectivity index (χ2n) is 2.90. The Hall–Kier alpha value is -1.34. The topological polar surface area (TPSA) is 53.3 Å². The van der Waals surface area contributed by atoms with Crippen LogP contribution in [0.4, 0.5) is 0 Å². The van der Waals surface area contributed by atoms with Gasteiger partial charge in [0.25, 0.3) is 0 Å². The van der Waals surface area contributed by atoms with E-state index in [0.717, 1.165) is 18.5 Å². The molecule has 0 unspecified atom stereocenters. The Morgan fingerprint density at radius 1 is 1.85 bits per heavy atom. The number of ether oxygens (including phenoxy) is 1. The molecule has 13 heavy (non-hydrogen) atoms. The Kier molecular flexibility index (Phi) is 3.47. The molecule has 0 fully saturated rings. The van der Waals surface area contributed by atoms with Crippen LogP contribution in [-0.2, 0) is 9.53 Å². The van der Waals surface area contributed by atoms with Crippen LogP contribution >= 0.6 is 0 Å². The summed E-state index contributed by atoms with van der Waals surface area (Å²) >= 11 is 0. The van der Waals surface area contributed by atoms with Gasteiger partial charge in [-0.25, -0.2) is 0 Å². The number of nitrogens with zero attached hydrogens (tertiary/aromatic N) is 2. The zero-order valence-electron chi connectivity index (χ0n) is 7.62. The molecule has 0 saturated heterocycles. The molecule has 0 N–H and O–H groups in total. The molecular weight excluding hydrogens is 168 g/mol. The molecule has 0 amide bonds. The van der Waals surface area contributed by atoms with Gasteiger partial charge in [0, 0.05) is 18.7 Å². The largest absolute Gasteiger partial charge is 0.468 e. The second kappa shape index (κ2) is 4.63. The molecule has 4 heteroatoms. The van der Waals surface area contributed by atoms with Crippen molar-refractivity contribution in [2.45, 2.75) is 6.42 Å². The monoisotopic (exact) mass is 180 g/mol.